The third-order valence-corrected chi connectivity index (χ3v) is 4.08. The topological polar surface area (TPSA) is 12.0 Å². The molecule has 1 heteroatoms. The summed E-state index contributed by atoms with van der Waals surface area (Å²) in [6.07, 6.45) is 8.85. The molecule has 0 bridgehead atoms. The van der Waals surface area contributed by atoms with E-state index < -0.39 is 0 Å². The van der Waals surface area contributed by atoms with E-state index in [-0.39, 0.29) is 0 Å². The van der Waals surface area contributed by atoms with E-state index in [1.807, 2.05) is 0 Å². The van der Waals surface area contributed by atoms with Gasteiger partial charge >= 0.3 is 0 Å². The van der Waals surface area contributed by atoms with Crippen LogP contribution in [0.5, 0.6) is 0 Å². The third kappa shape index (κ3) is 2.07. The zero-order chi connectivity index (χ0) is 9.10. The van der Waals surface area contributed by atoms with Crippen LogP contribution < -0.4 is 5.32 Å². The Morgan fingerprint density at radius 2 is 2.08 bits per heavy atom. The third-order valence-electron chi connectivity index (χ3n) is 4.08. The van der Waals surface area contributed by atoms with Crippen molar-refractivity contribution in [1.29, 1.82) is 0 Å². The van der Waals surface area contributed by atoms with Crippen LogP contribution in [0.2, 0.25) is 0 Å². The highest BCUT2D eigenvalue weighted by atomic mass is 14.9. The summed E-state index contributed by atoms with van der Waals surface area (Å²) in [6, 6.07) is 0. The first-order chi connectivity index (χ1) is 6.42. The van der Waals surface area contributed by atoms with Crippen LogP contribution in [0.3, 0.4) is 0 Å². The molecule has 2 rings (SSSR count). The summed E-state index contributed by atoms with van der Waals surface area (Å²) in [7, 11) is 0. The molecule has 1 aliphatic carbocycles. The number of hydrogen-bond acceptors (Lipinski definition) is 1. The highest BCUT2D eigenvalue weighted by Crippen LogP contribution is 2.41. The molecule has 2 atom stereocenters. The summed E-state index contributed by atoms with van der Waals surface area (Å²) >= 11 is 0. The van der Waals surface area contributed by atoms with Gasteiger partial charge in [-0.2, -0.15) is 0 Å². The number of piperidine rings is 1. The van der Waals surface area contributed by atoms with Crippen LogP contribution in [-0.4, -0.2) is 13.1 Å². The molecule has 0 aromatic heterocycles. The molecule has 2 fully saturated rings. The molecule has 1 N–H and O–H groups in total. The van der Waals surface area contributed by atoms with Crippen molar-refractivity contribution in [2.45, 2.75) is 45.4 Å². The molecule has 0 amide bonds. The van der Waals surface area contributed by atoms with Crippen LogP contribution in [-0.2, 0) is 0 Å². The highest BCUT2D eigenvalue weighted by molar-refractivity contribution is 4.86. The summed E-state index contributed by atoms with van der Waals surface area (Å²) in [5, 5.41) is 3.55. The standard InChI is InChI=1S/C12H23N/c1-2-4-11-9-13-8-7-12(11)10-5-3-6-10/h10-13H,2-9H2,1H3. The smallest absolute Gasteiger partial charge is 0.00178 e. The van der Waals surface area contributed by atoms with Gasteiger partial charge in [-0.15, -0.1) is 0 Å². The molecular weight excluding hydrogens is 158 g/mol. The van der Waals surface area contributed by atoms with Crippen LogP contribution in [0.1, 0.15) is 45.4 Å². The largest absolute Gasteiger partial charge is 0.316 e. The predicted molar refractivity (Wildman–Crippen MR) is 56.7 cm³/mol. The fourth-order valence-electron chi connectivity index (χ4n) is 3.12. The van der Waals surface area contributed by atoms with Gasteiger partial charge in [-0.25, -0.2) is 0 Å². The lowest BCUT2D eigenvalue weighted by Crippen LogP contribution is -2.41. The molecule has 2 unspecified atom stereocenters. The lowest BCUT2D eigenvalue weighted by molar-refractivity contribution is 0.106. The average Bonchev–Trinajstić information content (AvgIpc) is 2.05. The van der Waals surface area contributed by atoms with Crippen molar-refractivity contribution in [3.8, 4) is 0 Å². The summed E-state index contributed by atoms with van der Waals surface area (Å²) in [5.74, 6) is 3.19. The number of hydrogen-bond donors (Lipinski definition) is 1. The summed E-state index contributed by atoms with van der Waals surface area (Å²) in [6.45, 7) is 4.91. The van der Waals surface area contributed by atoms with E-state index >= 15 is 0 Å². The van der Waals surface area contributed by atoms with Crippen molar-refractivity contribution in [2.75, 3.05) is 13.1 Å². The molecule has 0 aromatic rings. The number of nitrogens with one attached hydrogen (secondary N) is 1. The van der Waals surface area contributed by atoms with Gasteiger partial charge in [-0.3, -0.25) is 0 Å². The average molecular weight is 181 g/mol. The Labute approximate surface area is 82.3 Å². The minimum Gasteiger partial charge on any atom is -0.316 e. The second-order valence-electron chi connectivity index (χ2n) is 4.90. The van der Waals surface area contributed by atoms with E-state index in [4.69, 9.17) is 0 Å². The molecular formula is C12H23N. The molecule has 1 saturated carbocycles. The van der Waals surface area contributed by atoms with E-state index in [1.54, 1.807) is 0 Å². The van der Waals surface area contributed by atoms with Crippen molar-refractivity contribution < 1.29 is 0 Å². The summed E-state index contributed by atoms with van der Waals surface area (Å²) < 4.78 is 0. The maximum Gasteiger partial charge on any atom is -0.00178 e. The van der Waals surface area contributed by atoms with E-state index in [2.05, 4.69) is 12.2 Å². The van der Waals surface area contributed by atoms with Crippen molar-refractivity contribution in [3.05, 3.63) is 0 Å². The van der Waals surface area contributed by atoms with Gasteiger partial charge in [-0.1, -0.05) is 32.6 Å². The zero-order valence-electron chi connectivity index (χ0n) is 8.89. The van der Waals surface area contributed by atoms with Gasteiger partial charge in [0.05, 0.1) is 0 Å². The van der Waals surface area contributed by atoms with Gasteiger partial charge < -0.3 is 5.32 Å². The lowest BCUT2D eigenvalue weighted by atomic mass is 9.67. The maximum atomic E-state index is 3.55. The molecule has 0 spiro atoms. The van der Waals surface area contributed by atoms with Crippen molar-refractivity contribution in [2.24, 2.45) is 17.8 Å². The quantitative estimate of drug-likeness (QED) is 0.706. The molecule has 0 aromatic carbocycles. The molecule has 13 heavy (non-hydrogen) atoms. The second kappa shape index (κ2) is 4.45. The van der Waals surface area contributed by atoms with Gasteiger partial charge in [-0.05, 0) is 43.7 Å². The first-order valence-corrected chi connectivity index (χ1v) is 6.12. The Morgan fingerprint density at radius 1 is 1.23 bits per heavy atom. The SMILES string of the molecule is CCCC1CNCCC1C1CCC1. The Bertz CT molecular complexity index is 149. The molecule has 2 aliphatic rings. The molecule has 1 heterocycles. The summed E-state index contributed by atoms with van der Waals surface area (Å²) in [4.78, 5) is 0. The first-order valence-electron chi connectivity index (χ1n) is 6.12. The predicted octanol–water partition coefficient (Wildman–Crippen LogP) is 2.81. The van der Waals surface area contributed by atoms with E-state index in [0.717, 1.165) is 17.8 Å². The van der Waals surface area contributed by atoms with Crippen LogP contribution in [0, 0.1) is 17.8 Å². The second-order valence-corrected chi connectivity index (χ2v) is 4.90. The minimum atomic E-state index is 1.00. The minimum absolute atomic E-state index is 1.00. The lowest BCUT2D eigenvalue weighted by Gasteiger charge is -2.41. The normalized spacial score (nSPS) is 35.8. The van der Waals surface area contributed by atoms with Crippen molar-refractivity contribution >= 4 is 0 Å². The molecule has 1 saturated heterocycles. The molecule has 1 nitrogen and oxygen atoms in total. The fourth-order valence-corrected chi connectivity index (χ4v) is 3.12. The van der Waals surface area contributed by atoms with Gasteiger partial charge in [0.25, 0.3) is 0 Å². The monoisotopic (exact) mass is 181 g/mol. The van der Waals surface area contributed by atoms with Crippen LogP contribution in [0.4, 0.5) is 0 Å². The van der Waals surface area contributed by atoms with Gasteiger partial charge in [0.1, 0.15) is 0 Å². The van der Waals surface area contributed by atoms with E-state index in [0.29, 0.717) is 0 Å². The van der Waals surface area contributed by atoms with Gasteiger partial charge in [0.15, 0.2) is 0 Å². The van der Waals surface area contributed by atoms with E-state index in [1.165, 1.54) is 51.6 Å². The Balaban J connectivity index is 1.87. The number of rotatable bonds is 3. The van der Waals surface area contributed by atoms with Crippen LogP contribution in [0.15, 0.2) is 0 Å². The summed E-state index contributed by atoms with van der Waals surface area (Å²) in [5.41, 5.74) is 0. The van der Waals surface area contributed by atoms with Crippen LogP contribution in [0.25, 0.3) is 0 Å². The Morgan fingerprint density at radius 3 is 2.69 bits per heavy atom. The molecule has 0 radical (unpaired) electrons. The maximum absolute atomic E-state index is 3.55. The highest BCUT2D eigenvalue weighted by Gasteiger charge is 2.33. The van der Waals surface area contributed by atoms with Crippen molar-refractivity contribution in [1.82, 2.24) is 5.32 Å². The Hall–Kier alpha value is -0.0400. The molecule has 1 aliphatic heterocycles. The van der Waals surface area contributed by atoms with Gasteiger partial charge in [0, 0.05) is 0 Å². The first kappa shape index (κ1) is 9.51. The molecule has 76 valence electrons. The fraction of sp³-hybridized carbons (Fsp3) is 1.00. The van der Waals surface area contributed by atoms with E-state index in [9.17, 15) is 0 Å². The Kier molecular flexibility index (Phi) is 3.26. The zero-order valence-corrected chi connectivity index (χ0v) is 8.89. The van der Waals surface area contributed by atoms with Crippen molar-refractivity contribution in [3.63, 3.8) is 0 Å². The van der Waals surface area contributed by atoms with Crippen LogP contribution >= 0.6 is 0 Å². The van der Waals surface area contributed by atoms with Gasteiger partial charge in [0.2, 0.25) is 0 Å².